The van der Waals surface area contributed by atoms with E-state index in [4.69, 9.17) is 24.3 Å². The lowest BCUT2D eigenvalue weighted by atomic mass is 10.1. The summed E-state index contributed by atoms with van der Waals surface area (Å²) in [5.74, 6) is -0.859. The smallest absolute Gasteiger partial charge is 0.462 e. The molecule has 0 rings (SSSR count). The molecule has 318 valence electrons. The first-order valence-corrected chi connectivity index (χ1v) is 22.5. The predicted molar refractivity (Wildman–Crippen MR) is 229 cm³/mol. The Morgan fingerprint density at radius 2 is 1.14 bits per heavy atom. The molecular weight excluding hydrogens is 729 g/mol. The molecule has 0 heterocycles. The molecule has 0 spiro atoms. The lowest BCUT2D eigenvalue weighted by Crippen LogP contribution is -2.29. The molecule has 0 aliphatic carbocycles. The van der Waals surface area contributed by atoms with E-state index in [2.05, 4.69) is 80.7 Å². The van der Waals surface area contributed by atoms with Crippen LogP contribution in [0.3, 0.4) is 0 Å². The van der Waals surface area contributed by atoms with E-state index in [0.717, 1.165) is 83.5 Å². The maximum absolute atomic E-state index is 12.6. The SMILES string of the molecule is CC/C=C\C/C=C\C/C=C\C/C=C\C/C=C\CCCCCC(=O)OC[C@H](COP(=O)(O)OCCN)OC(=O)CCCCCCCC(=O)/C=C/C=C\CCCCC. The standard InChI is InChI=1S/C45H74NO9P/c1-3-5-7-9-11-12-13-14-15-16-17-18-19-20-21-22-24-28-32-36-44(48)52-40-43(41-54-56(50,51)53-39-38-46)55-45(49)37-33-29-25-27-31-35-42(47)34-30-26-23-10-8-6-4-2/h5,7,11-12,14-15,17-18,20-21,23,26,30,34,43H,3-4,6,8-10,13,16,19,22,24-25,27-29,31-33,35-41,46H2,1-2H3,(H,50,51)/b7-5-,12-11-,15-14-,18-17-,21-20-,26-23-,34-30+/t43-/m1/s1. The molecule has 1 unspecified atom stereocenters. The fourth-order valence-corrected chi connectivity index (χ4v) is 5.88. The minimum Gasteiger partial charge on any atom is -0.462 e. The predicted octanol–water partition coefficient (Wildman–Crippen LogP) is 11.2. The topological polar surface area (TPSA) is 151 Å². The molecule has 0 aliphatic rings. The fourth-order valence-electron chi connectivity index (χ4n) is 5.11. The lowest BCUT2D eigenvalue weighted by molar-refractivity contribution is -0.161. The van der Waals surface area contributed by atoms with Crippen molar-refractivity contribution in [3.63, 3.8) is 0 Å². The van der Waals surface area contributed by atoms with Gasteiger partial charge >= 0.3 is 19.8 Å². The maximum Gasteiger partial charge on any atom is 0.472 e. The molecule has 11 heteroatoms. The molecule has 0 aromatic rings. The first kappa shape index (κ1) is 52.9. The van der Waals surface area contributed by atoms with Crippen molar-refractivity contribution in [1.82, 2.24) is 0 Å². The van der Waals surface area contributed by atoms with Gasteiger partial charge in [0.05, 0.1) is 13.2 Å². The van der Waals surface area contributed by atoms with Crippen LogP contribution in [-0.2, 0) is 37.5 Å². The second-order valence-electron chi connectivity index (χ2n) is 13.5. The fraction of sp³-hybridized carbons (Fsp3) is 0.622. The van der Waals surface area contributed by atoms with Gasteiger partial charge in [-0.05, 0) is 83.1 Å². The monoisotopic (exact) mass is 804 g/mol. The first-order valence-electron chi connectivity index (χ1n) is 21.0. The highest BCUT2D eigenvalue weighted by Crippen LogP contribution is 2.43. The Kier molecular flexibility index (Phi) is 37.8. The Morgan fingerprint density at radius 1 is 0.607 bits per heavy atom. The number of carbonyl (C=O) groups excluding carboxylic acids is 3. The average molecular weight is 804 g/mol. The number of rotatable bonds is 38. The third kappa shape index (κ3) is 39.1. The van der Waals surface area contributed by atoms with Crippen LogP contribution in [0.4, 0.5) is 0 Å². The Balaban J connectivity index is 4.34. The molecule has 0 bridgehead atoms. The summed E-state index contributed by atoms with van der Waals surface area (Å²) < 4.78 is 32.6. The molecule has 0 aromatic heterocycles. The number of phosphoric acid groups is 1. The molecule has 3 N–H and O–H groups in total. The number of phosphoric ester groups is 1. The van der Waals surface area contributed by atoms with Crippen molar-refractivity contribution in [2.24, 2.45) is 5.73 Å². The Labute approximate surface area is 339 Å². The van der Waals surface area contributed by atoms with Crippen molar-refractivity contribution >= 4 is 25.5 Å². The van der Waals surface area contributed by atoms with Crippen molar-refractivity contribution in [2.75, 3.05) is 26.4 Å². The van der Waals surface area contributed by atoms with Gasteiger partial charge in [-0.3, -0.25) is 23.4 Å². The number of nitrogens with two attached hydrogens (primary N) is 1. The summed E-state index contributed by atoms with van der Waals surface area (Å²) in [7, 11) is -4.42. The summed E-state index contributed by atoms with van der Waals surface area (Å²) in [4.78, 5) is 46.9. The third-order valence-electron chi connectivity index (χ3n) is 8.24. The van der Waals surface area contributed by atoms with E-state index in [9.17, 15) is 23.8 Å². The summed E-state index contributed by atoms with van der Waals surface area (Å²) in [5, 5.41) is 0. The number of unbranched alkanes of at least 4 members (excludes halogenated alkanes) is 10. The third-order valence-corrected chi connectivity index (χ3v) is 9.23. The van der Waals surface area contributed by atoms with Crippen LogP contribution in [-0.4, -0.2) is 55.1 Å². The second-order valence-corrected chi connectivity index (χ2v) is 15.0. The van der Waals surface area contributed by atoms with E-state index in [-0.39, 0.29) is 38.4 Å². The molecule has 0 aromatic carbocycles. The van der Waals surface area contributed by atoms with Crippen molar-refractivity contribution in [2.45, 2.75) is 155 Å². The van der Waals surface area contributed by atoms with Gasteiger partial charge < -0.3 is 20.1 Å². The van der Waals surface area contributed by atoms with Gasteiger partial charge in [0.25, 0.3) is 0 Å². The number of hydrogen-bond donors (Lipinski definition) is 2. The van der Waals surface area contributed by atoms with Gasteiger partial charge in [-0.25, -0.2) is 4.57 Å². The zero-order valence-electron chi connectivity index (χ0n) is 34.6. The van der Waals surface area contributed by atoms with Crippen LogP contribution in [0.15, 0.2) is 85.1 Å². The molecule has 0 radical (unpaired) electrons. The summed E-state index contributed by atoms with van der Waals surface area (Å²) in [5.41, 5.74) is 5.33. The maximum atomic E-state index is 12.6. The van der Waals surface area contributed by atoms with Gasteiger partial charge in [-0.1, -0.05) is 131 Å². The molecule has 0 aliphatic heterocycles. The largest absolute Gasteiger partial charge is 0.472 e. The van der Waals surface area contributed by atoms with E-state index in [0.29, 0.717) is 19.3 Å². The van der Waals surface area contributed by atoms with E-state index >= 15 is 0 Å². The van der Waals surface area contributed by atoms with E-state index in [1.165, 1.54) is 19.3 Å². The molecular formula is C45H74NO9P. The Hall–Kier alpha value is -3.14. The number of ether oxygens (including phenoxy) is 2. The van der Waals surface area contributed by atoms with E-state index in [1.54, 1.807) is 6.08 Å². The van der Waals surface area contributed by atoms with Gasteiger partial charge in [0.15, 0.2) is 11.9 Å². The van der Waals surface area contributed by atoms with Gasteiger partial charge in [0, 0.05) is 25.8 Å². The van der Waals surface area contributed by atoms with Crippen LogP contribution in [0.5, 0.6) is 0 Å². The number of hydrogen-bond acceptors (Lipinski definition) is 9. The van der Waals surface area contributed by atoms with Crippen molar-refractivity contribution in [3.8, 4) is 0 Å². The molecule has 10 nitrogen and oxygen atoms in total. The summed E-state index contributed by atoms with van der Waals surface area (Å²) in [6.45, 7) is 3.36. The molecule has 0 amide bonds. The average Bonchev–Trinajstić information content (AvgIpc) is 3.18. The van der Waals surface area contributed by atoms with Crippen molar-refractivity contribution in [1.29, 1.82) is 0 Å². The Morgan fingerprint density at radius 3 is 1.77 bits per heavy atom. The highest BCUT2D eigenvalue weighted by atomic mass is 31.2. The summed E-state index contributed by atoms with van der Waals surface area (Å²) >= 11 is 0. The number of ketones is 1. The lowest BCUT2D eigenvalue weighted by Gasteiger charge is -2.19. The van der Waals surface area contributed by atoms with Crippen LogP contribution in [0.2, 0.25) is 0 Å². The van der Waals surface area contributed by atoms with Gasteiger partial charge in [-0.15, -0.1) is 0 Å². The number of carbonyl (C=O) groups is 3. The highest BCUT2D eigenvalue weighted by Gasteiger charge is 2.26. The van der Waals surface area contributed by atoms with E-state index < -0.39 is 32.5 Å². The van der Waals surface area contributed by atoms with Crippen molar-refractivity contribution < 1.29 is 42.4 Å². The van der Waals surface area contributed by atoms with E-state index in [1.807, 2.05) is 12.2 Å². The second kappa shape index (κ2) is 40.1. The quantitative estimate of drug-likeness (QED) is 0.0154. The molecule has 0 saturated heterocycles. The Bertz CT molecular complexity index is 1250. The minimum atomic E-state index is -4.42. The van der Waals surface area contributed by atoms with Gasteiger partial charge in [0.2, 0.25) is 0 Å². The molecule has 2 atom stereocenters. The number of allylic oxidation sites excluding steroid dienone is 14. The van der Waals surface area contributed by atoms with Crippen LogP contribution < -0.4 is 5.73 Å². The normalized spacial score (nSPS) is 14.1. The summed E-state index contributed by atoms with van der Waals surface area (Å²) in [6.07, 6.45) is 45.7. The van der Waals surface area contributed by atoms with Crippen LogP contribution in [0.25, 0.3) is 0 Å². The van der Waals surface area contributed by atoms with Crippen LogP contribution >= 0.6 is 7.82 Å². The summed E-state index contributed by atoms with van der Waals surface area (Å²) in [6, 6.07) is 0. The van der Waals surface area contributed by atoms with Crippen LogP contribution in [0.1, 0.15) is 149 Å². The zero-order valence-corrected chi connectivity index (χ0v) is 35.5. The molecule has 0 saturated carbocycles. The minimum absolute atomic E-state index is 0.0243. The first-order chi connectivity index (χ1) is 27.2. The van der Waals surface area contributed by atoms with Gasteiger partial charge in [-0.2, -0.15) is 0 Å². The zero-order chi connectivity index (χ0) is 41.2. The number of esters is 2. The van der Waals surface area contributed by atoms with Crippen LogP contribution in [0, 0.1) is 0 Å². The van der Waals surface area contributed by atoms with Gasteiger partial charge in [0.1, 0.15) is 6.61 Å². The van der Waals surface area contributed by atoms with Crippen molar-refractivity contribution in [3.05, 3.63) is 85.1 Å². The molecule has 0 fully saturated rings. The highest BCUT2D eigenvalue weighted by molar-refractivity contribution is 7.47. The molecule has 56 heavy (non-hydrogen) atoms.